The van der Waals surface area contributed by atoms with E-state index in [1.54, 1.807) is 0 Å². The fourth-order valence-electron chi connectivity index (χ4n) is 3.49. The number of imidazole rings is 1. The van der Waals surface area contributed by atoms with Crippen molar-refractivity contribution >= 4 is 21.4 Å². The van der Waals surface area contributed by atoms with E-state index >= 15 is 0 Å². The maximum absolute atomic E-state index is 12.0. The Balaban J connectivity index is 1.80. The summed E-state index contributed by atoms with van der Waals surface area (Å²) < 4.78 is 27.6. The van der Waals surface area contributed by atoms with Crippen molar-refractivity contribution in [3.8, 4) is 11.3 Å². The zero-order chi connectivity index (χ0) is 17.1. The lowest BCUT2D eigenvalue weighted by Gasteiger charge is -2.21. The van der Waals surface area contributed by atoms with Crippen LogP contribution in [0.25, 0.3) is 16.9 Å². The number of hydrogen-bond donors (Lipinski definition) is 0. The highest BCUT2D eigenvalue weighted by Gasteiger charge is 2.32. The van der Waals surface area contributed by atoms with Gasteiger partial charge in [0, 0.05) is 24.0 Å². The van der Waals surface area contributed by atoms with Gasteiger partial charge in [-0.3, -0.25) is 4.31 Å². The van der Waals surface area contributed by atoms with Crippen LogP contribution in [0.3, 0.4) is 0 Å². The first kappa shape index (κ1) is 15.2. The van der Waals surface area contributed by atoms with Crippen LogP contribution >= 0.6 is 0 Å². The van der Waals surface area contributed by atoms with E-state index < -0.39 is 10.0 Å². The van der Waals surface area contributed by atoms with Gasteiger partial charge in [0.1, 0.15) is 5.65 Å². The quantitative estimate of drug-likeness (QED) is 0.720. The summed E-state index contributed by atoms with van der Waals surface area (Å²) in [4.78, 5) is 4.69. The molecule has 1 aliphatic rings. The molecule has 5 nitrogen and oxygen atoms in total. The first-order valence-corrected chi connectivity index (χ1v) is 9.76. The molecule has 0 radical (unpaired) electrons. The molecule has 124 valence electrons. The Bertz CT molecular complexity index is 1050. The summed E-state index contributed by atoms with van der Waals surface area (Å²) in [6.07, 6.45) is 5.99. The molecule has 24 heavy (non-hydrogen) atoms. The van der Waals surface area contributed by atoms with Crippen molar-refractivity contribution in [2.75, 3.05) is 10.6 Å². The molecule has 6 heteroatoms. The summed E-state index contributed by atoms with van der Waals surface area (Å²) in [6, 6.07) is 9.95. The largest absolute Gasteiger partial charge is 0.306 e. The van der Waals surface area contributed by atoms with Gasteiger partial charge in [0.05, 0.1) is 17.6 Å². The van der Waals surface area contributed by atoms with Crippen LogP contribution in [0.5, 0.6) is 0 Å². The minimum atomic E-state index is -3.25. The normalized spacial score (nSPS) is 17.5. The Morgan fingerprint density at radius 2 is 2.00 bits per heavy atom. The van der Waals surface area contributed by atoms with Gasteiger partial charge in [-0.05, 0) is 55.7 Å². The predicted molar refractivity (Wildman–Crippen MR) is 95.9 cm³/mol. The first-order chi connectivity index (χ1) is 11.3. The van der Waals surface area contributed by atoms with Crippen LogP contribution in [0, 0.1) is 6.92 Å². The van der Waals surface area contributed by atoms with Gasteiger partial charge in [-0.1, -0.05) is 6.07 Å². The molecular formula is C18H19N3O2S. The monoisotopic (exact) mass is 341 g/mol. The van der Waals surface area contributed by atoms with Crippen LogP contribution in [0.1, 0.15) is 18.1 Å². The van der Waals surface area contributed by atoms with E-state index in [2.05, 4.69) is 11.1 Å². The van der Waals surface area contributed by atoms with Crippen LogP contribution in [0.4, 0.5) is 5.69 Å². The predicted octanol–water partition coefficient (Wildman–Crippen LogP) is 3.02. The second-order valence-corrected chi connectivity index (χ2v) is 8.41. The number of aromatic nitrogens is 2. The molecule has 0 fully saturated rings. The maximum atomic E-state index is 12.0. The highest BCUT2D eigenvalue weighted by molar-refractivity contribution is 7.92. The van der Waals surface area contributed by atoms with Gasteiger partial charge in [-0.15, -0.1) is 0 Å². The highest BCUT2D eigenvalue weighted by atomic mass is 32.2. The maximum Gasteiger partial charge on any atom is 0.232 e. The number of sulfonamides is 1. The molecule has 1 aliphatic heterocycles. The molecule has 0 saturated carbocycles. The van der Waals surface area contributed by atoms with E-state index in [1.165, 1.54) is 16.1 Å². The first-order valence-electron chi connectivity index (χ1n) is 7.91. The fraction of sp³-hybridized carbons (Fsp3) is 0.278. The Hall–Kier alpha value is -2.34. The van der Waals surface area contributed by atoms with Crippen LogP contribution in [0.2, 0.25) is 0 Å². The molecule has 3 aromatic rings. The average Bonchev–Trinajstić information content (AvgIpc) is 3.04. The lowest BCUT2D eigenvalue weighted by molar-refractivity contribution is 0.590. The molecule has 1 aromatic carbocycles. The van der Waals surface area contributed by atoms with Crippen molar-refractivity contribution in [2.24, 2.45) is 0 Å². The fourth-order valence-corrected chi connectivity index (χ4v) is 4.75. The standard InChI is InChI=1S/C18H19N3O2S/c1-12-6-7-20-11-16(19-18(20)8-12)14-4-5-17-15(10-14)9-13(2)21(17)24(3,22)23/h4-8,10-11,13H,9H2,1-3H3. The Labute approximate surface area is 141 Å². The van der Waals surface area contributed by atoms with Crippen molar-refractivity contribution in [3.05, 3.63) is 53.9 Å². The number of nitrogens with zero attached hydrogens (tertiary/aromatic N) is 3. The second kappa shape index (κ2) is 5.08. The van der Waals surface area contributed by atoms with Crippen LogP contribution < -0.4 is 4.31 Å². The Kier molecular flexibility index (Phi) is 3.22. The molecule has 2 aromatic heterocycles. The van der Waals surface area contributed by atoms with Crippen LogP contribution in [-0.2, 0) is 16.4 Å². The summed E-state index contributed by atoms with van der Waals surface area (Å²) in [5.74, 6) is 0. The summed E-state index contributed by atoms with van der Waals surface area (Å²) in [7, 11) is -3.25. The van der Waals surface area contributed by atoms with Crippen molar-refractivity contribution in [1.82, 2.24) is 9.38 Å². The third-order valence-corrected chi connectivity index (χ3v) is 5.77. The topological polar surface area (TPSA) is 54.7 Å². The van der Waals surface area contributed by atoms with Gasteiger partial charge in [0.2, 0.25) is 10.0 Å². The molecule has 1 atom stereocenters. The van der Waals surface area contributed by atoms with Crippen LogP contribution in [-0.4, -0.2) is 30.1 Å². The molecule has 0 amide bonds. The number of benzene rings is 1. The van der Waals surface area contributed by atoms with E-state index in [9.17, 15) is 8.42 Å². The van der Waals surface area contributed by atoms with Crippen molar-refractivity contribution < 1.29 is 8.42 Å². The molecule has 0 aliphatic carbocycles. The van der Waals surface area contributed by atoms with Gasteiger partial charge >= 0.3 is 0 Å². The molecule has 1 unspecified atom stereocenters. The van der Waals surface area contributed by atoms with Crippen molar-refractivity contribution in [2.45, 2.75) is 26.3 Å². The van der Waals surface area contributed by atoms with E-state index in [0.717, 1.165) is 34.6 Å². The lowest BCUT2D eigenvalue weighted by atomic mass is 10.1. The SMILES string of the molecule is Cc1ccn2cc(-c3ccc4c(c3)CC(C)N4S(C)(=O)=O)nc2c1. The van der Waals surface area contributed by atoms with Gasteiger partial charge in [0.25, 0.3) is 0 Å². The summed E-state index contributed by atoms with van der Waals surface area (Å²) in [6.45, 7) is 3.99. The Morgan fingerprint density at radius 3 is 2.75 bits per heavy atom. The number of fused-ring (bicyclic) bond motifs is 2. The number of hydrogen-bond acceptors (Lipinski definition) is 3. The minimum absolute atomic E-state index is 0.0473. The molecule has 0 N–H and O–H groups in total. The van der Waals surface area contributed by atoms with Crippen LogP contribution in [0.15, 0.2) is 42.7 Å². The molecule has 0 spiro atoms. The summed E-state index contributed by atoms with van der Waals surface area (Å²) in [5.41, 5.74) is 5.83. The summed E-state index contributed by atoms with van der Waals surface area (Å²) in [5, 5.41) is 0. The average molecular weight is 341 g/mol. The van der Waals surface area contributed by atoms with Gasteiger partial charge < -0.3 is 4.40 Å². The minimum Gasteiger partial charge on any atom is -0.306 e. The lowest BCUT2D eigenvalue weighted by Crippen LogP contribution is -2.34. The van der Waals surface area contributed by atoms with Crippen molar-refractivity contribution in [1.29, 1.82) is 0 Å². The zero-order valence-electron chi connectivity index (χ0n) is 13.9. The molecular weight excluding hydrogens is 322 g/mol. The number of aryl methyl sites for hydroxylation is 1. The molecule has 4 rings (SSSR count). The van der Waals surface area contributed by atoms with Crippen molar-refractivity contribution in [3.63, 3.8) is 0 Å². The third kappa shape index (κ3) is 2.38. The second-order valence-electron chi connectivity index (χ2n) is 6.55. The van der Waals surface area contributed by atoms with E-state index in [1.807, 2.05) is 54.9 Å². The van der Waals surface area contributed by atoms with Gasteiger partial charge in [0.15, 0.2) is 0 Å². The number of rotatable bonds is 2. The Morgan fingerprint density at radius 1 is 1.21 bits per heavy atom. The summed E-state index contributed by atoms with van der Waals surface area (Å²) >= 11 is 0. The van der Waals surface area contributed by atoms with E-state index in [4.69, 9.17) is 0 Å². The molecule has 3 heterocycles. The highest BCUT2D eigenvalue weighted by Crippen LogP contribution is 2.36. The van der Waals surface area contributed by atoms with Gasteiger partial charge in [-0.25, -0.2) is 13.4 Å². The van der Waals surface area contributed by atoms with E-state index in [-0.39, 0.29) is 6.04 Å². The van der Waals surface area contributed by atoms with E-state index in [0.29, 0.717) is 0 Å². The number of pyridine rings is 1. The molecule has 0 bridgehead atoms. The molecule has 0 saturated heterocycles. The third-order valence-electron chi connectivity index (χ3n) is 4.50. The van der Waals surface area contributed by atoms with Gasteiger partial charge in [-0.2, -0.15) is 0 Å². The zero-order valence-corrected chi connectivity index (χ0v) is 14.7. The smallest absolute Gasteiger partial charge is 0.232 e. The number of anilines is 1.